The second-order valence-corrected chi connectivity index (χ2v) is 7.09. The first-order chi connectivity index (χ1) is 12.2. The van der Waals surface area contributed by atoms with E-state index in [0.29, 0.717) is 0 Å². The van der Waals surface area contributed by atoms with Gasteiger partial charge in [-0.15, -0.1) is 11.8 Å². The van der Waals surface area contributed by atoms with Gasteiger partial charge in [-0.3, -0.25) is 0 Å². The summed E-state index contributed by atoms with van der Waals surface area (Å²) in [5.74, 6) is 0.475. The molecule has 0 spiro atoms. The van der Waals surface area contributed by atoms with Crippen LogP contribution in [-0.4, -0.2) is 14.8 Å². The molecule has 128 valence electrons. The number of aliphatic hydroxyl groups excluding tert-OH is 2. The van der Waals surface area contributed by atoms with Crippen LogP contribution in [0.25, 0.3) is 11.3 Å². The average Bonchev–Trinajstić information content (AvgIpc) is 3.20. The standard InChI is InChI=1S/C20H18FNO2S/c21-15-8-6-13(7-9-15)19-17(11-24)16(10-23)18-12-25-20(22(18)19)14-4-2-1-3-5-14/h1-9,20,23-24H,10-12H2/t20-/m1/s1. The van der Waals surface area contributed by atoms with Gasteiger partial charge >= 0.3 is 0 Å². The molecule has 0 saturated heterocycles. The van der Waals surface area contributed by atoms with Gasteiger partial charge in [-0.25, -0.2) is 4.39 Å². The highest BCUT2D eigenvalue weighted by Crippen LogP contribution is 2.48. The van der Waals surface area contributed by atoms with Crippen LogP contribution in [0, 0.1) is 5.82 Å². The van der Waals surface area contributed by atoms with Crippen molar-refractivity contribution >= 4 is 11.8 Å². The molecular formula is C20H18FNO2S. The topological polar surface area (TPSA) is 45.4 Å². The van der Waals surface area contributed by atoms with Crippen LogP contribution in [-0.2, 0) is 19.0 Å². The number of nitrogens with zero attached hydrogens (tertiary/aromatic N) is 1. The number of aromatic nitrogens is 1. The van der Waals surface area contributed by atoms with Crippen molar-refractivity contribution in [3.63, 3.8) is 0 Å². The summed E-state index contributed by atoms with van der Waals surface area (Å²) in [6.07, 6.45) is 0. The van der Waals surface area contributed by atoms with Crippen LogP contribution in [0.3, 0.4) is 0 Å². The number of benzene rings is 2. The van der Waals surface area contributed by atoms with E-state index in [2.05, 4.69) is 16.7 Å². The Hall–Kier alpha value is -2.08. The predicted octanol–water partition coefficient (Wildman–Crippen LogP) is 4.07. The Kier molecular flexibility index (Phi) is 4.37. The van der Waals surface area contributed by atoms with Crippen molar-refractivity contribution < 1.29 is 14.6 Å². The zero-order valence-corrected chi connectivity index (χ0v) is 14.3. The van der Waals surface area contributed by atoms with Crippen molar-refractivity contribution in [3.05, 3.63) is 82.8 Å². The summed E-state index contributed by atoms with van der Waals surface area (Å²) in [6, 6.07) is 16.5. The smallest absolute Gasteiger partial charge is 0.123 e. The molecule has 0 aliphatic carbocycles. The van der Waals surface area contributed by atoms with Crippen LogP contribution in [0.4, 0.5) is 4.39 Å². The highest BCUT2D eigenvalue weighted by atomic mass is 32.2. The van der Waals surface area contributed by atoms with E-state index in [4.69, 9.17) is 0 Å². The van der Waals surface area contributed by atoms with Gasteiger partial charge in [-0.05, 0) is 35.4 Å². The van der Waals surface area contributed by atoms with E-state index < -0.39 is 0 Å². The minimum Gasteiger partial charge on any atom is -0.392 e. The average molecular weight is 355 g/mol. The molecule has 25 heavy (non-hydrogen) atoms. The van der Waals surface area contributed by atoms with E-state index in [1.54, 1.807) is 23.9 Å². The van der Waals surface area contributed by atoms with Gasteiger partial charge in [0, 0.05) is 22.6 Å². The Bertz CT molecular complexity index is 890. The lowest BCUT2D eigenvalue weighted by Crippen LogP contribution is -2.06. The molecule has 3 nitrogen and oxygen atoms in total. The first-order valence-corrected chi connectivity index (χ1v) is 9.18. The van der Waals surface area contributed by atoms with Crippen molar-refractivity contribution in [2.75, 3.05) is 0 Å². The van der Waals surface area contributed by atoms with Crippen molar-refractivity contribution in [1.82, 2.24) is 4.57 Å². The zero-order chi connectivity index (χ0) is 17.4. The molecule has 2 aromatic carbocycles. The number of thioether (sulfide) groups is 1. The maximum absolute atomic E-state index is 13.4. The van der Waals surface area contributed by atoms with Crippen LogP contribution in [0.15, 0.2) is 54.6 Å². The third-order valence-electron chi connectivity index (χ3n) is 4.66. The number of fused-ring (bicyclic) bond motifs is 1. The minimum atomic E-state index is -0.293. The highest BCUT2D eigenvalue weighted by molar-refractivity contribution is 7.99. The van der Waals surface area contributed by atoms with E-state index in [-0.39, 0.29) is 24.4 Å². The van der Waals surface area contributed by atoms with Crippen LogP contribution >= 0.6 is 11.8 Å². The molecule has 0 amide bonds. The summed E-state index contributed by atoms with van der Waals surface area (Å²) < 4.78 is 15.6. The van der Waals surface area contributed by atoms with E-state index in [1.165, 1.54) is 17.7 Å². The lowest BCUT2D eigenvalue weighted by atomic mass is 10.0. The lowest BCUT2D eigenvalue weighted by molar-refractivity contribution is 0.261. The molecule has 2 heterocycles. The largest absolute Gasteiger partial charge is 0.392 e. The van der Waals surface area contributed by atoms with Gasteiger partial charge in [-0.1, -0.05) is 30.3 Å². The molecule has 3 aromatic rings. The Balaban J connectivity index is 1.95. The number of rotatable bonds is 4. The van der Waals surface area contributed by atoms with Crippen molar-refractivity contribution in [3.8, 4) is 11.3 Å². The maximum Gasteiger partial charge on any atom is 0.123 e. The quantitative estimate of drug-likeness (QED) is 0.741. The van der Waals surface area contributed by atoms with E-state index >= 15 is 0 Å². The maximum atomic E-state index is 13.4. The molecule has 0 unspecified atom stereocenters. The van der Waals surface area contributed by atoms with Gasteiger partial charge in [0.05, 0.1) is 18.9 Å². The molecule has 4 rings (SSSR count). The minimum absolute atomic E-state index is 0.0712. The van der Waals surface area contributed by atoms with E-state index in [1.807, 2.05) is 18.2 Å². The fourth-order valence-electron chi connectivity index (χ4n) is 3.53. The Morgan fingerprint density at radius 3 is 2.28 bits per heavy atom. The number of hydrogen-bond acceptors (Lipinski definition) is 3. The number of hydrogen-bond donors (Lipinski definition) is 2. The Morgan fingerprint density at radius 1 is 0.960 bits per heavy atom. The second kappa shape index (κ2) is 6.67. The molecule has 1 aromatic heterocycles. The molecule has 2 N–H and O–H groups in total. The van der Waals surface area contributed by atoms with Gasteiger partial charge in [0.25, 0.3) is 0 Å². The molecule has 1 aliphatic rings. The summed E-state index contributed by atoms with van der Waals surface area (Å²) in [5.41, 5.74) is 5.41. The molecule has 1 aliphatic heterocycles. The molecule has 1 atom stereocenters. The first kappa shape index (κ1) is 16.4. The monoisotopic (exact) mass is 355 g/mol. The van der Waals surface area contributed by atoms with E-state index in [9.17, 15) is 14.6 Å². The van der Waals surface area contributed by atoms with Gasteiger partial charge in [0.15, 0.2) is 0 Å². The second-order valence-electron chi connectivity index (χ2n) is 6.02. The molecule has 0 saturated carbocycles. The molecule has 0 radical (unpaired) electrons. The summed E-state index contributed by atoms with van der Waals surface area (Å²) >= 11 is 1.79. The number of aliphatic hydroxyl groups is 2. The van der Waals surface area contributed by atoms with Crippen LogP contribution in [0.5, 0.6) is 0 Å². The van der Waals surface area contributed by atoms with Crippen LogP contribution in [0.1, 0.15) is 27.8 Å². The SMILES string of the molecule is OCc1c(CO)c(-c2ccc(F)cc2)n2c1CS[C@@H]2c1ccccc1. The Morgan fingerprint density at radius 2 is 1.64 bits per heavy atom. The lowest BCUT2D eigenvalue weighted by Gasteiger charge is -2.18. The fraction of sp³-hybridized carbons (Fsp3) is 0.200. The predicted molar refractivity (Wildman–Crippen MR) is 97.5 cm³/mol. The van der Waals surface area contributed by atoms with Gasteiger partial charge in [0.1, 0.15) is 11.2 Å². The van der Waals surface area contributed by atoms with Crippen molar-refractivity contribution in [1.29, 1.82) is 0 Å². The highest BCUT2D eigenvalue weighted by Gasteiger charge is 2.33. The molecular weight excluding hydrogens is 337 g/mol. The normalized spacial score (nSPS) is 16.2. The summed E-state index contributed by atoms with van der Waals surface area (Å²) in [6.45, 7) is -0.275. The third-order valence-corrected chi connectivity index (χ3v) is 5.90. The fourth-order valence-corrected chi connectivity index (χ4v) is 4.89. The van der Waals surface area contributed by atoms with Crippen LogP contribution in [0.2, 0.25) is 0 Å². The Labute approximate surface area is 149 Å². The number of halogens is 1. The van der Waals surface area contributed by atoms with Gasteiger partial charge in [-0.2, -0.15) is 0 Å². The molecule has 5 heteroatoms. The van der Waals surface area contributed by atoms with Gasteiger partial charge < -0.3 is 14.8 Å². The van der Waals surface area contributed by atoms with Crippen molar-refractivity contribution in [2.24, 2.45) is 0 Å². The first-order valence-electron chi connectivity index (χ1n) is 8.13. The molecule has 0 bridgehead atoms. The summed E-state index contributed by atoms with van der Waals surface area (Å²) in [7, 11) is 0. The van der Waals surface area contributed by atoms with Gasteiger partial charge in [0.2, 0.25) is 0 Å². The molecule has 0 fully saturated rings. The summed E-state index contributed by atoms with van der Waals surface area (Å²) in [4.78, 5) is 0. The third kappa shape index (κ3) is 2.68. The van der Waals surface area contributed by atoms with Crippen molar-refractivity contribution in [2.45, 2.75) is 24.3 Å². The zero-order valence-electron chi connectivity index (χ0n) is 13.5. The van der Waals surface area contributed by atoms with E-state index in [0.717, 1.165) is 33.8 Å². The van der Waals surface area contributed by atoms with Crippen LogP contribution < -0.4 is 0 Å². The summed E-state index contributed by atoms with van der Waals surface area (Å²) in [5, 5.41) is 19.9.